The highest BCUT2D eigenvalue weighted by molar-refractivity contribution is 8.81. The SMILES string of the molecule is Cc1cc(C(C)(C)C)c(O)c(C)c1COC(=O)c1c(-c2cccc(C(=O)O)c2C(=O)O)ccc(C2SSC(c3cccc(C(=O)O)c3C(=O)O)=C2c2cccc(C(=O)O)c2C(=O)O)c1C(=O)OCc1c(C)cc(C(C)(C)C)c(O)c1C. The zero-order valence-electron chi connectivity index (χ0n) is 45.5. The van der Waals surface area contributed by atoms with Crippen molar-refractivity contribution in [1.29, 1.82) is 0 Å². The van der Waals surface area contributed by atoms with Gasteiger partial charge in [0, 0.05) is 10.5 Å². The van der Waals surface area contributed by atoms with Crippen molar-refractivity contribution in [2.24, 2.45) is 0 Å². The number of phenolic OH excluding ortho intramolecular Hbond substituents is 2. The Labute approximate surface area is 472 Å². The third kappa shape index (κ3) is 11.3. The van der Waals surface area contributed by atoms with Crippen LogP contribution in [0.25, 0.3) is 21.6 Å². The zero-order valence-corrected chi connectivity index (χ0v) is 47.1. The van der Waals surface area contributed by atoms with Crippen molar-refractivity contribution >= 4 is 79.8 Å². The molecule has 1 aliphatic heterocycles. The highest BCUT2D eigenvalue weighted by atomic mass is 33.1. The number of aryl methyl sites for hydroxylation is 2. The standard InChI is InChI=1S/C61H56O18S2/c1-26-22-40(60(5,6)7)48(62)28(3)38(26)24-78-58(76)45-31(30-14-11-17-35(52(64)65)42(30)55(70)71)20-21-34(46(45)59(77)79-25-39-27(2)23-41(61(8,9)10)49(63)29(39)4)51-47(32-15-12-18-36(53(66)67)43(32)56(72)73)50(80-81-51)33-16-13-19-37(54(68)69)44(33)57(74)75/h11-23,51,62-63H,24-25H2,1-10H3,(H,64,65)(H,66,67)(H,68,69)(H,70,71)(H,72,73)(H,74,75). The quantitative estimate of drug-likeness (QED) is 0.0330. The highest BCUT2D eigenvalue weighted by Gasteiger charge is 2.41. The zero-order chi connectivity index (χ0) is 60.1. The lowest BCUT2D eigenvalue weighted by Crippen LogP contribution is -2.21. The molecule has 420 valence electrons. The molecule has 0 saturated heterocycles. The monoisotopic (exact) mass is 1140 g/mol. The summed E-state index contributed by atoms with van der Waals surface area (Å²) in [5, 5.41) is 84.5. The predicted octanol–water partition coefficient (Wildman–Crippen LogP) is 12.5. The summed E-state index contributed by atoms with van der Waals surface area (Å²) in [6.07, 6.45) is 0. The van der Waals surface area contributed by atoms with E-state index in [-0.39, 0.29) is 44.2 Å². The predicted molar refractivity (Wildman–Crippen MR) is 302 cm³/mol. The minimum Gasteiger partial charge on any atom is -0.507 e. The molecule has 1 unspecified atom stereocenters. The number of carboxylic acids is 6. The van der Waals surface area contributed by atoms with E-state index in [0.717, 1.165) is 39.8 Å². The van der Waals surface area contributed by atoms with E-state index in [2.05, 4.69) is 0 Å². The molecule has 8 N–H and O–H groups in total. The third-order valence-electron chi connectivity index (χ3n) is 14.1. The number of aromatic carboxylic acids is 6. The third-order valence-corrected chi connectivity index (χ3v) is 16.9. The molecule has 0 radical (unpaired) electrons. The van der Waals surface area contributed by atoms with Crippen molar-refractivity contribution in [2.45, 2.75) is 98.5 Å². The van der Waals surface area contributed by atoms with Gasteiger partial charge in [-0.3, -0.25) is 0 Å². The molecule has 0 spiro atoms. The summed E-state index contributed by atoms with van der Waals surface area (Å²) < 4.78 is 12.2. The minimum absolute atomic E-state index is 0.0895. The summed E-state index contributed by atoms with van der Waals surface area (Å²) in [5.41, 5.74) is -5.00. The fourth-order valence-electron chi connectivity index (χ4n) is 10.0. The number of phenols is 2. The molecule has 0 aromatic heterocycles. The fourth-order valence-corrected chi connectivity index (χ4v) is 13.2. The second-order valence-corrected chi connectivity index (χ2v) is 23.6. The number of carbonyl (C=O) groups is 8. The Morgan fingerprint density at radius 1 is 0.469 bits per heavy atom. The first-order valence-corrected chi connectivity index (χ1v) is 27.1. The first kappa shape index (κ1) is 59.8. The summed E-state index contributed by atoms with van der Waals surface area (Å²) in [5.74, 6) is -13.0. The molecular formula is C61H56O18S2. The Hall–Kier alpha value is -8.88. The lowest BCUT2D eigenvalue weighted by Gasteiger charge is -2.26. The van der Waals surface area contributed by atoms with E-state index in [0.29, 0.717) is 44.5 Å². The molecule has 20 heteroatoms. The maximum absolute atomic E-state index is 15.7. The smallest absolute Gasteiger partial charge is 0.339 e. The lowest BCUT2D eigenvalue weighted by atomic mass is 9.82. The molecule has 0 saturated carbocycles. The molecule has 0 bridgehead atoms. The van der Waals surface area contributed by atoms with Gasteiger partial charge in [0.1, 0.15) is 24.7 Å². The lowest BCUT2D eigenvalue weighted by molar-refractivity contribution is 0.0423. The van der Waals surface area contributed by atoms with E-state index in [1.165, 1.54) is 48.5 Å². The number of hydrogen-bond donors (Lipinski definition) is 8. The van der Waals surface area contributed by atoms with Gasteiger partial charge in [-0.2, -0.15) is 0 Å². The topological polar surface area (TPSA) is 317 Å². The van der Waals surface area contributed by atoms with Gasteiger partial charge in [-0.15, -0.1) is 0 Å². The molecule has 0 aliphatic carbocycles. The van der Waals surface area contributed by atoms with Crippen LogP contribution < -0.4 is 0 Å². The molecular weight excluding hydrogens is 1080 g/mol. The molecule has 81 heavy (non-hydrogen) atoms. The van der Waals surface area contributed by atoms with Gasteiger partial charge < -0.3 is 50.3 Å². The highest BCUT2D eigenvalue weighted by Crippen LogP contribution is 2.63. The van der Waals surface area contributed by atoms with Gasteiger partial charge in [-0.05, 0) is 129 Å². The fraction of sp³-hybridized carbons (Fsp3) is 0.246. The summed E-state index contributed by atoms with van der Waals surface area (Å²) in [4.78, 5) is 109. The van der Waals surface area contributed by atoms with Crippen molar-refractivity contribution < 1.29 is 88.7 Å². The molecule has 0 amide bonds. The van der Waals surface area contributed by atoms with Crippen LogP contribution in [-0.2, 0) is 33.5 Å². The molecule has 6 aromatic carbocycles. The summed E-state index contributed by atoms with van der Waals surface area (Å²) in [6, 6.07) is 16.3. The number of rotatable bonds is 16. The second kappa shape index (κ2) is 22.7. The Morgan fingerprint density at radius 2 is 0.840 bits per heavy atom. The van der Waals surface area contributed by atoms with Crippen molar-refractivity contribution in [3.8, 4) is 22.6 Å². The molecule has 6 aromatic rings. The van der Waals surface area contributed by atoms with E-state index in [9.17, 15) is 69.6 Å². The van der Waals surface area contributed by atoms with Gasteiger partial charge in [0.25, 0.3) is 0 Å². The van der Waals surface area contributed by atoms with Gasteiger partial charge in [0.15, 0.2) is 0 Å². The Bertz CT molecular complexity index is 3760. The van der Waals surface area contributed by atoms with E-state index in [4.69, 9.17) is 9.47 Å². The first-order valence-electron chi connectivity index (χ1n) is 24.8. The summed E-state index contributed by atoms with van der Waals surface area (Å²) >= 11 is 0. The van der Waals surface area contributed by atoms with Crippen molar-refractivity contribution in [3.63, 3.8) is 0 Å². The Kier molecular flexibility index (Phi) is 16.8. The first-order chi connectivity index (χ1) is 37.8. The van der Waals surface area contributed by atoms with E-state index in [1.54, 1.807) is 39.8 Å². The van der Waals surface area contributed by atoms with Crippen LogP contribution in [0, 0.1) is 27.7 Å². The maximum atomic E-state index is 15.7. The van der Waals surface area contributed by atoms with Crippen LogP contribution >= 0.6 is 21.6 Å². The molecule has 0 fully saturated rings. The Balaban J connectivity index is 1.63. The molecule has 1 aliphatic rings. The van der Waals surface area contributed by atoms with Crippen molar-refractivity contribution in [2.75, 3.05) is 0 Å². The van der Waals surface area contributed by atoms with Crippen LogP contribution in [0.3, 0.4) is 0 Å². The maximum Gasteiger partial charge on any atom is 0.339 e. The second-order valence-electron chi connectivity index (χ2n) is 21.3. The van der Waals surface area contributed by atoms with Gasteiger partial charge in [-0.25, -0.2) is 38.4 Å². The number of ether oxygens (including phenoxy) is 2. The average molecular weight is 1140 g/mol. The number of carboxylic acid groups (broad SMARTS) is 6. The van der Waals surface area contributed by atoms with Crippen LogP contribution in [-0.4, -0.2) is 88.6 Å². The van der Waals surface area contributed by atoms with E-state index in [1.807, 2.05) is 41.5 Å². The van der Waals surface area contributed by atoms with Gasteiger partial charge in [0.05, 0.1) is 49.8 Å². The van der Waals surface area contributed by atoms with Gasteiger partial charge >= 0.3 is 47.8 Å². The van der Waals surface area contributed by atoms with Gasteiger partial charge in [0.2, 0.25) is 0 Å². The van der Waals surface area contributed by atoms with Crippen LogP contribution in [0.4, 0.5) is 0 Å². The number of hydrogen-bond acceptors (Lipinski definition) is 14. The van der Waals surface area contributed by atoms with Crippen molar-refractivity contribution in [1.82, 2.24) is 0 Å². The average Bonchev–Trinajstić information content (AvgIpc) is 3.97. The molecule has 18 nitrogen and oxygen atoms in total. The van der Waals surface area contributed by atoms with Crippen LogP contribution in [0.1, 0.15) is 191 Å². The van der Waals surface area contributed by atoms with E-state index >= 15 is 9.59 Å². The number of carbonyl (C=O) groups excluding carboxylic acids is 2. The van der Waals surface area contributed by atoms with Gasteiger partial charge in [-0.1, -0.05) is 124 Å². The molecule has 1 heterocycles. The summed E-state index contributed by atoms with van der Waals surface area (Å²) in [6.45, 7) is 16.8. The summed E-state index contributed by atoms with van der Waals surface area (Å²) in [7, 11) is 1.66. The van der Waals surface area contributed by atoms with Crippen LogP contribution in [0.2, 0.25) is 0 Å². The van der Waals surface area contributed by atoms with Crippen LogP contribution in [0.15, 0.2) is 78.9 Å². The number of esters is 2. The minimum atomic E-state index is -1.76. The number of benzene rings is 6. The molecule has 7 rings (SSSR count). The van der Waals surface area contributed by atoms with E-state index < -0.39 is 127 Å². The molecule has 1 atom stereocenters. The largest absolute Gasteiger partial charge is 0.507 e. The Morgan fingerprint density at radius 3 is 1.25 bits per heavy atom. The number of aromatic hydroxyl groups is 2. The normalized spacial score (nSPS) is 13.4. The van der Waals surface area contributed by atoms with Crippen LogP contribution in [0.5, 0.6) is 11.5 Å². The van der Waals surface area contributed by atoms with Crippen molar-refractivity contribution in [3.05, 3.63) is 185 Å².